The number of aliphatic hydroxyl groups is 1. The van der Waals surface area contributed by atoms with Crippen molar-refractivity contribution in [3.05, 3.63) is 29.8 Å². The van der Waals surface area contributed by atoms with Gasteiger partial charge in [-0.3, -0.25) is 38.4 Å². The summed E-state index contributed by atoms with van der Waals surface area (Å²) in [6.07, 6.45) is -0.771. The number of aromatic hydroxyl groups is 1. The zero-order chi connectivity index (χ0) is 46.7. The fourth-order valence-electron chi connectivity index (χ4n) is 5.66. The summed E-state index contributed by atoms with van der Waals surface area (Å²) in [4.78, 5) is 115. The molecule has 0 bridgehead atoms. The van der Waals surface area contributed by atoms with E-state index in [9.17, 15) is 58.5 Å². The Morgan fingerprint density at radius 3 is 1.62 bits per heavy atom. The predicted octanol–water partition coefficient (Wildman–Crippen LogP) is -2.34. The number of phenols is 1. The van der Waals surface area contributed by atoms with E-state index in [1.165, 1.54) is 32.9 Å². The summed E-state index contributed by atoms with van der Waals surface area (Å²) < 4.78 is 0. The van der Waals surface area contributed by atoms with Crippen molar-refractivity contribution in [2.24, 2.45) is 23.5 Å². The molecule has 8 amide bonds. The van der Waals surface area contributed by atoms with E-state index in [4.69, 9.17) is 5.73 Å². The van der Waals surface area contributed by atoms with Crippen molar-refractivity contribution in [2.45, 2.75) is 130 Å². The molecule has 1 rings (SSSR count). The monoisotopic (exact) mass is 863 g/mol. The quantitative estimate of drug-likeness (QED) is 0.0491. The molecule has 21 heteroatoms. The van der Waals surface area contributed by atoms with Gasteiger partial charge < -0.3 is 63.6 Å². The maximum absolute atomic E-state index is 13.3. The molecule has 0 saturated carbocycles. The molecule has 0 aromatic heterocycles. The number of nitrogens with one attached hydrogen (secondary N) is 8. The Labute approximate surface area is 355 Å². The Morgan fingerprint density at radius 1 is 0.607 bits per heavy atom. The molecule has 9 atom stereocenters. The van der Waals surface area contributed by atoms with E-state index in [1.807, 2.05) is 0 Å². The number of carboxylic acids is 1. The highest BCUT2D eigenvalue weighted by Crippen LogP contribution is 2.12. The summed E-state index contributed by atoms with van der Waals surface area (Å²) in [7, 11) is 0. The number of nitrogens with two attached hydrogens (primary N) is 1. The zero-order valence-corrected chi connectivity index (χ0v) is 36.3. The summed E-state index contributed by atoms with van der Waals surface area (Å²) in [5, 5.41) is 48.6. The second-order valence-electron chi connectivity index (χ2n) is 15.8. The van der Waals surface area contributed by atoms with Gasteiger partial charge in [0.1, 0.15) is 42.0 Å². The maximum Gasteiger partial charge on any atom is 0.326 e. The van der Waals surface area contributed by atoms with Gasteiger partial charge in [-0.2, -0.15) is 0 Å². The van der Waals surface area contributed by atoms with Crippen LogP contribution in [-0.2, 0) is 49.6 Å². The Hall–Kier alpha value is -5.83. The maximum atomic E-state index is 13.3. The molecular weight excluding hydrogens is 798 g/mol. The van der Waals surface area contributed by atoms with Crippen LogP contribution < -0.4 is 48.3 Å². The third kappa shape index (κ3) is 19.0. The summed E-state index contributed by atoms with van der Waals surface area (Å²) in [5.74, 6) is -8.45. The molecular formula is C40H65N9O12. The minimum Gasteiger partial charge on any atom is -0.508 e. The van der Waals surface area contributed by atoms with Crippen LogP contribution in [0, 0.1) is 17.8 Å². The topological polar surface area (TPSA) is 337 Å². The average molecular weight is 864 g/mol. The van der Waals surface area contributed by atoms with E-state index in [0.29, 0.717) is 12.0 Å². The van der Waals surface area contributed by atoms with Crippen molar-refractivity contribution in [2.75, 3.05) is 13.1 Å². The number of rotatable bonds is 25. The highest BCUT2D eigenvalue weighted by molar-refractivity contribution is 5.96. The van der Waals surface area contributed by atoms with Crippen LogP contribution in [0.4, 0.5) is 0 Å². The van der Waals surface area contributed by atoms with Crippen LogP contribution in [0.25, 0.3) is 0 Å². The van der Waals surface area contributed by atoms with E-state index < -0.39 is 127 Å². The van der Waals surface area contributed by atoms with Crippen LogP contribution in [0.3, 0.4) is 0 Å². The van der Waals surface area contributed by atoms with Gasteiger partial charge in [0.15, 0.2) is 0 Å². The van der Waals surface area contributed by atoms with E-state index in [-0.39, 0.29) is 24.5 Å². The summed E-state index contributed by atoms with van der Waals surface area (Å²) in [5.41, 5.74) is 6.65. The lowest BCUT2D eigenvalue weighted by molar-refractivity contribution is -0.144. The van der Waals surface area contributed by atoms with E-state index in [0.717, 1.165) is 0 Å². The number of carboxylic acid groups (broad SMARTS) is 1. The molecule has 61 heavy (non-hydrogen) atoms. The molecule has 1 aromatic carbocycles. The zero-order valence-electron chi connectivity index (χ0n) is 36.3. The van der Waals surface area contributed by atoms with Crippen LogP contribution >= 0.6 is 0 Å². The molecule has 1 aromatic rings. The molecule has 0 aliphatic rings. The molecule has 0 fully saturated rings. The number of amides is 8. The van der Waals surface area contributed by atoms with Gasteiger partial charge >= 0.3 is 5.97 Å². The van der Waals surface area contributed by atoms with Crippen LogP contribution in [0.1, 0.15) is 80.7 Å². The Bertz CT molecular complexity index is 1690. The number of carbonyl (C=O) groups excluding carboxylic acids is 8. The van der Waals surface area contributed by atoms with Crippen molar-refractivity contribution >= 4 is 53.2 Å². The first-order valence-corrected chi connectivity index (χ1v) is 20.2. The molecule has 0 aliphatic carbocycles. The minimum atomic E-state index is -1.55. The number of hydrogen-bond donors (Lipinski definition) is 12. The number of hydrogen-bond acceptors (Lipinski definition) is 12. The van der Waals surface area contributed by atoms with Crippen molar-refractivity contribution in [3.63, 3.8) is 0 Å². The third-order valence-corrected chi connectivity index (χ3v) is 9.54. The molecule has 0 radical (unpaired) electrons. The van der Waals surface area contributed by atoms with Gasteiger partial charge in [-0.05, 0) is 69.1 Å². The highest BCUT2D eigenvalue weighted by Gasteiger charge is 2.34. The normalized spacial score (nSPS) is 15.6. The molecule has 0 aliphatic heterocycles. The van der Waals surface area contributed by atoms with Crippen molar-refractivity contribution in [1.29, 1.82) is 0 Å². The second-order valence-corrected chi connectivity index (χ2v) is 15.8. The molecule has 0 heterocycles. The molecule has 342 valence electrons. The largest absolute Gasteiger partial charge is 0.508 e. The van der Waals surface area contributed by atoms with Crippen LogP contribution in [0.2, 0.25) is 0 Å². The molecule has 13 N–H and O–H groups in total. The van der Waals surface area contributed by atoms with Crippen LogP contribution in [-0.4, -0.2) is 130 Å². The first-order chi connectivity index (χ1) is 28.4. The first-order valence-electron chi connectivity index (χ1n) is 20.2. The average Bonchev–Trinajstić information content (AvgIpc) is 3.18. The highest BCUT2D eigenvalue weighted by atomic mass is 16.4. The molecule has 0 saturated heterocycles. The third-order valence-electron chi connectivity index (χ3n) is 9.54. The minimum absolute atomic E-state index is 0.0567. The van der Waals surface area contributed by atoms with Gasteiger partial charge in [-0.1, -0.05) is 60.1 Å². The Kier molecular flexibility index (Phi) is 22.4. The van der Waals surface area contributed by atoms with Crippen molar-refractivity contribution in [1.82, 2.24) is 42.5 Å². The SMILES string of the molecule is CC[C@H](C)[C@H](NC(=O)CNC(=O)[C@H](C)NC(=O)[C@H](C)NC(=O)[C@@H](N)Cc1ccc(O)cc1)C(=O)NCC(=O)N[C@@H](CC(C)C)C(=O)N[C@H](C(=O)N[C@H](C(=O)O)C(C)C)[C@@H](C)O. The summed E-state index contributed by atoms with van der Waals surface area (Å²) >= 11 is 0. The van der Waals surface area contributed by atoms with Crippen molar-refractivity contribution in [3.8, 4) is 5.75 Å². The number of phenolic OH excluding ortho intramolecular Hbond substituents is 1. The van der Waals surface area contributed by atoms with Crippen molar-refractivity contribution < 1.29 is 58.5 Å². The Morgan fingerprint density at radius 2 is 1.11 bits per heavy atom. The van der Waals surface area contributed by atoms with Crippen LogP contribution in [0.15, 0.2) is 24.3 Å². The molecule has 21 nitrogen and oxygen atoms in total. The van der Waals surface area contributed by atoms with Gasteiger partial charge in [0.25, 0.3) is 0 Å². The van der Waals surface area contributed by atoms with E-state index in [1.54, 1.807) is 53.7 Å². The van der Waals surface area contributed by atoms with Gasteiger partial charge in [0.05, 0.1) is 25.2 Å². The van der Waals surface area contributed by atoms with Gasteiger partial charge in [-0.15, -0.1) is 0 Å². The van der Waals surface area contributed by atoms with Crippen LogP contribution in [0.5, 0.6) is 5.75 Å². The number of aliphatic hydroxyl groups excluding tert-OH is 1. The number of benzene rings is 1. The van der Waals surface area contributed by atoms with E-state index >= 15 is 0 Å². The van der Waals surface area contributed by atoms with Gasteiger partial charge in [0, 0.05) is 0 Å². The van der Waals surface area contributed by atoms with E-state index in [2.05, 4.69) is 42.5 Å². The lowest BCUT2D eigenvalue weighted by atomic mass is 9.98. The van der Waals surface area contributed by atoms with Gasteiger partial charge in [0.2, 0.25) is 47.3 Å². The molecule has 0 spiro atoms. The number of carbonyl (C=O) groups is 9. The summed E-state index contributed by atoms with van der Waals surface area (Å²) in [6.45, 7) is 12.9. The smallest absolute Gasteiger partial charge is 0.326 e. The lowest BCUT2D eigenvalue weighted by Gasteiger charge is -2.27. The lowest BCUT2D eigenvalue weighted by Crippen LogP contribution is -2.60. The first kappa shape index (κ1) is 53.2. The fraction of sp³-hybridized carbons (Fsp3) is 0.625. The predicted molar refractivity (Wildman–Crippen MR) is 222 cm³/mol. The van der Waals surface area contributed by atoms with Gasteiger partial charge in [-0.25, -0.2) is 4.79 Å². The standard InChI is InChI=1S/C40H65N9O12/c1-10-21(6)32(47-30(53)18-42-34(54)22(7)44-35(55)23(8)45-36(56)27(41)16-25-11-13-26(51)14-12-25)38(58)43-17-29(52)46-28(15-19(2)3)37(57)49-33(24(9)50)39(59)48-31(20(4)5)40(60)61/h11-14,19-24,27-28,31-33,50-51H,10,15-18,41H2,1-9H3,(H,42,54)(H,43,58)(H,44,55)(H,45,56)(H,46,52)(H,47,53)(H,48,59)(H,49,57)(H,60,61)/t21-,22-,23-,24+,27-,28-,31-,32-,33-/m0/s1. The summed E-state index contributed by atoms with van der Waals surface area (Å²) in [6, 6.07) is -2.30. The second kappa shape index (κ2) is 25.7. The Balaban J connectivity index is 2.78. The molecule has 0 unspecified atom stereocenters. The number of aliphatic carboxylic acids is 1. The fourth-order valence-corrected chi connectivity index (χ4v) is 5.66.